The van der Waals surface area contributed by atoms with E-state index in [9.17, 15) is 14.4 Å². The lowest BCUT2D eigenvalue weighted by molar-refractivity contribution is -0.131. The van der Waals surface area contributed by atoms with Gasteiger partial charge in [-0.2, -0.15) is 0 Å². The number of rotatable bonds is 8. The van der Waals surface area contributed by atoms with Crippen molar-refractivity contribution in [1.82, 2.24) is 10.2 Å². The van der Waals surface area contributed by atoms with Crippen molar-refractivity contribution in [2.24, 2.45) is 0 Å². The molecule has 1 aromatic heterocycles. The number of nitrogens with zero attached hydrogens (tertiary/aromatic N) is 2. The predicted molar refractivity (Wildman–Crippen MR) is 116 cm³/mol. The first kappa shape index (κ1) is 21.3. The lowest BCUT2D eigenvalue weighted by atomic mass is 10.2. The standard InChI is InChI=1S/C21H24ClN3O3S/c22-19-8-7-18(29-19)17(26)6-9-20(27)23-11-10-21(28)25-14-12-24(13-15-25)16-4-2-1-3-5-16/h1-5,7-8H,6,9-15H2,(H,23,27). The number of thiophene rings is 1. The minimum Gasteiger partial charge on any atom is -0.368 e. The van der Waals surface area contributed by atoms with E-state index < -0.39 is 0 Å². The first-order chi connectivity index (χ1) is 14.0. The molecule has 0 radical (unpaired) electrons. The van der Waals surface area contributed by atoms with Crippen LogP contribution < -0.4 is 10.2 Å². The van der Waals surface area contributed by atoms with Crippen molar-refractivity contribution >= 4 is 46.2 Å². The van der Waals surface area contributed by atoms with Crippen LogP contribution in [0.2, 0.25) is 4.34 Å². The summed E-state index contributed by atoms with van der Waals surface area (Å²) in [5, 5.41) is 2.73. The average molecular weight is 434 g/mol. The largest absolute Gasteiger partial charge is 0.368 e. The Hall–Kier alpha value is -2.38. The molecular formula is C21H24ClN3O3S. The molecule has 6 nitrogen and oxygen atoms in total. The van der Waals surface area contributed by atoms with Crippen LogP contribution in [0.15, 0.2) is 42.5 Å². The third-order valence-corrected chi connectivity index (χ3v) is 6.11. The van der Waals surface area contributed by atoms with Crippen LogP contribution in [0.4, 0.5) is 5.69 Å². The molecule has 0 saturated carbocycles. The second-order valence-corrected chi connectivity index (χ2v) is 8.55. The number of carbonyl (C=O) groups is 3. The maximum absolute atomic E-state index is 12.4. The molecule has 1 fully saturated rings. The van der Waals surface area contributed by atoms with E-state index >= 15 is 0 Å². The summed E-state index contributed by atoms with van der Waals surface area (Å²) in [5.41, 5.74) is 1.17. The molecule has 1 aromatic carbocycles. The van der Waals surface area contributed by atoms with Gasteiger partial charge in [-0.05, 0) is 24.3 Å². The van der Waals surface area contributed by atoms with Crippen LogP contribution in [0.1, 0.15) is 28.9 Å². The quantitative estimate of drug-likeness (QED) is 0.649. The summed E-state index contributed by atoms with van der Waals surface area (Å²) < 4.78 is 0.556. The number of amides is 2. The third-order valence-electron chi connectivity index (χ3n) is 4.84. The van der Waals surface area contributed by atoms with E-state index in [0.717, 1.165) is 13.1 Å². The van der Waals surface area contributed by atoms with Crippen molar-refractivity contribution in [2.45, 2.75) is 19.3 Å². The minimum atomic E-state index is -0.220. The second-order valence-electron chi connectivity index (χ2n) is 6.83. The van der Waals surface area contributed by atoms with Crippen molar-refractivity contribution < 1.29 is 14.4 Å². The summed E-state index contributed by atoms with van der Waals surface area (Å²) in [4.78, 5) is 41.0. The first-order valence-corrected chi connectivity index (χ1v) is 10.9. The Labute approximate surface area is 179 Å². The lowest BCUT2D eigenvalue weighted by Crippen LogP contribution is -2.49. The minimum absolute atomic E-state index is 0.0438. The Kier molecular flexibility index (Phi) is 7.66. The van der Waals surface area contributed by atoms with Crippen molar-refractivity contribution in [2.75, 3.05) is 37.6 Å². The van der Waals surface area contributed by atoms with Crippen LogP contribution in [0.3, 0.4) is 0 Å². The number of hydrogen-bond acceptors (Lipinski definition) is 5. The highest BCUT2D eigenvalue weighted by molar-refractivity contribution is 7.18. The van der Waals surface area contributed by atoms with Gasteiger partial charge >= 0.3 is 0 Å². The number of para-hydroxylation sites is 1. The van der Waals surface area contributed by atoms with E-state index in [4.69, 9.17) is 11.6 Å². The first-order valence-electron chi connectivity index (χ1n) is 9.66. The molecular weight excluding hydrogens is 410 g/mol. The van der Waals surface area contributed by atoms with Crippen LogP contribution in [-0.2, 0) is 9.59 Å². The summed E-state index contributed by atoms with van der Waals surface area (Å²) >= 11 is 7.03. The molecule has 0 bridgehead atoms. The summed E-state index contributed by atoms with van der Waals surface area (Å²) in [5.74, 6) is -0.269. The van der Waals surface area contributed by atoms with Gasteiger partial charge in [0.05, 0.1) is 9.21 Å². The van der Waals surface area contributed by atoms with Gasteiger partial charge in [0, 0.05) is 57.7 Å². The number of halogens is 1. The number of ketones is 1. The normalized spacial score (nSPS) is 14.0. The second kappa shape index (κ2) is 10.4. The highest BCUT2D eigenvalue weighted by Crippen LogP contribution is 2.22. The Bertz CT molecular complexity index is 848. The third kappa shape index (κ3) is 6.30. The van der Waals surface area contributed by atoms with Crippen molar-refractivity contribution in [3.63, 3.8) is 0 Å². The SMILES string of the molecule is O=C(CCC(=O)c1ccc(Cl)s1)NCCC(=O)N1CCN(c2ccccc2)CC1. The Morgan fingerprint density at radius 3 is 2.31 bits per heavy atom. The Morgan fingerprint density at radius 1 is 0.931 bits per heavy atom. The maximum Gasteiger partial charge on any atom is 0.224 e. The molecule has 0 atom stereocenters. The molecule has 1 aliphatic heterocycles. The van der Waals surface area contributed by atoms with Gasteiger partial charge in [0.2, 0.25) is 11.8 Å². The lowest BCUT2D eigenvalue weighted by Gasteiger charge is -2.36. The smallest absolute Gasteiger partial charge is 0.224 e. The molecule has 2 amide bonds. The molecule has 3 rings (SSSR count). The fraction of sp³-hybridized carbons (Fsp3) is 0.381. The Balaban J connectivity index is 1.31. The van der Waals surface area contributed by atoms with E-state index in [-0.39, 0.29) is 43.4 Å². The number of benzene rings is 1. The van der Waals surface area contributed by atoms with Gasteiger partial charge in [0.15, 0.2) is 5.78 Å². The summed E-state index contributed by atoms with van der Waals surface area (Å²) in [6, 6.07) is 13.5. The van der Waals surface area contributed by atoms with E-state index in [0.29, 0.717) is 22.3 Å². The molecule has 2 aromatic rings. The van der Waals surface area contributed by atoms with Crippen LogP contribution in [0.25, 0.3) is 0 Å². The summed E-state index contributed by atoms with van der Waals surface area (Å²) in [6.45, 7) is 3.25. The molecule has 29 heavy (non-hydrogen) atoms. The molecule has 1 saturated heterocycles. The molecule has 154 valence electrons. The van der Waals surface area contributed by atoms with Crippen LogP contribution in [0.5, 0.6) is 0 Å². The van der Waals surface area contributed by atoms with Gasteiger partial charge in [-0.15, -0.1) is 11.3 Å². The number of Topliss-reactive ketones (excluding diaryl/α,β-unsaturated/α-hetero) is 1. The van der Waals surface area contributed by atoms with E-state index in [2.05, 4.69) is 22.3 Å². The monoisotopic (exact) mass is 433 g/mol. The zero-order valence-corrected chi connectivity index (χ0v) is 17.7. The van der Waals surface area contributed by atoms with Crippen molar-refractivity contribution in [1.29, 1.82) is 0 Å². The van der Waals surface area contributed by atoms with E-state index in [1.165, 1.54) is 17.0 Å². The fourth-order valence-corrected chi connectivity index (χ4v) is 4.23. The molecule has 1 N–H and O–H groups in total. The Morgan fingerprint density at radius 2 is 1.66 bits per heavy atom. The maximum atomic E-state index is 12.4. The number of piperazine rings is 1. The summed E-state index contributed by atoms with van der Waals surface area (Å²) in [6.07, 6.45) is 0.516. The fourth-order valence-electron chi connectivity index (χ4n) is 3.22. The highest BCUT2D eigenvalue weighted by Gasteiger charge is 2.21. The summed E-state index contributed by atoms with van der Waals surface area (Å²) in [7, 11) is 0. The van der Waals surface area contributed by atoms with Gasteiger partial charge in [-0.25, -0.2) is 0 Å². The number of nitrogens with one attached hydrogen (secondary N) is 1. The molecule has 2 heterocycles. The van der Waals surface area contributed by atoms with Gasteiger partial charge in [-0.3, -0.25) is 14.4 Å². The van der Waals surface area contributed by atoms with Gasteiger partial charge < -0.3 is 15.1 Å². The number of carbonyl (C=O) groups excluding carboxylic acids is 3. The predicted octanol–water partition coefficient (Wildman–Crippen LogP) is 3.22. The molecule has 0 unspecified atom stereocenters. The molecule has 1 aliphatic rings. The van der Waals surface area contributed by atoms with E-state index in [1.54, 1.807) is 12.1 Å². The van der Waals surface area contributed by atoms with Crippen molar-refractivity contribution in [3.05, 3.63) is 51.7 Å². The molecule has 0 spiro atoms. The molecule has 0 aliphatic carbocycles. The average Bonchev–Trinajstić information content (AvgIpc) is 3.19. The zero-order chi connectivity index (χ0) is 20.6. The highest BCUT2D eigenvalue weighted by atomic mass is 35.5. The van der Waals surface area contributed by atoms with Crippen LogP contribution >= 0.6 is 22.9 Å². The number of hydrogen-bond donors (Lipinski definition) is 1. The van der Waals surface area contributed by atoms with Crippen LogP contribution in [0, 0.1) is 0 Å². The van der Waals surface area contributed by atoms with E-state index in [1.807, 2.05) is 23.1 Å². The van der Waals surface area contributed by atoms with Gasteiger partial charge in [0.25, 0.3) is 0 Å². The molecule has 8 heteroatoms. The van der Waals surface area contributed by atoms with Gasteiger partial charge in [-0.1, -0.05) is 29.8 Å². The number of anilines is 1. The topological polar surface area (TPSA) is 69.7 Å². The zero-order valence-electron chi connectivity index (χ0n) is 16.1. The van der Waals surface area contributed by atoms with Crippen molar-refractivity contribution in [3.8, 4) is 0 Å². The van der Waals surface area contributed by atoms with Crippen LogP contribution in [-0.4, -0.2) is 55.2 Å². The van der Waals surface area contributed by atoms with Gasteiger partial charge in [0.1, 0.15) is 0 Å².